The molecule has 5 atom stereocenters. The van der Waals surface area contributed by atoms with Gasteiger partial charge in [0.05, 0.1) is 0 Å². The fourth-order valence-corrected chi connectivity index (χ4v) is 5.67. The molecule has 20 heavy (non-hydrogen) atoms. The lowest BCUT2D eigenvalue weighted by molar-refractivity contribution is 0.364. The van der Waals surface area contributed by atoms with E-state index >= 15 is 0 Å². The summed E-state index contributed by atoms with van der Waals surface area (Å²) < 4.78 is 14.0. The van der Waals surface area contributed by atoms with E-state index in [-0.39, 0.29) is 5.82 Å². The Kier molecular flexibility index (Phi) is 3.17. The van der Waals surface area contributed by atoms with Crippen molar-refractivity contribution in [2.45, 2.75) is 31.7 Å². The number of benzene rings is 1. The van der Waals surface area contributed by atoms with Gasteiger partial charge >= 0.3 is 0 Å². The summed E-state index contributed by atoms with van der Waals surface area (Å²) in [5, 5.41) is 0. The Balaban J connectivity index is 1.50. The lowest BCUT2D eigenvalue weighted by atomic mass is 9.94. The van der Waals surface area contributed by atoms with E-state index in [1.54, 1.807) is 6.07 Å². The van der Waals surface area contributed by atoms with E-state index in [1.807, 2.05) is 6.07 Å². The van der Waals surface area contributed by atoms with Gasteiger partial charge in [-0.2, -0.15) is 0 Å². The van der Waals surface area contributed by atoms with Crippen molar-refractivity contribution in [3.05, 3.63) is 34.1 Å². The van der Waals surface area contributed by atoms with Crippen LogP contribution in [0.4, 0.5) is 4.39 Å². The summed E-state index contributed by atoms with van der Waals surface area (Å²) in [6, 6.07) is 5.28. The topological polar surface area (TPSA) is 38.0 Å². The summed E-state index contributed by atoms with van der Waals surface area (Å²) in [6.45, 7) is 0. The Morgan fingerprint density at radius 1 is 1.30 bits per heavy atom. The van der Waals surface area contributed by atoms with Gasteiger partial charge in [0.1, 0.15) is 5.82 Å². The van der Waals surface area contributed by atoms with E-state index < -0.39 is 0 Å². The number of halogens is 2. The van der Waals surface area contributed by atoms with Gasteiger partial charge in [0.2, 0.25) is 0 Å². The minimum Gasteiger partial charge on any atom is -0.271 e. The molecule has 3 saturated carbocycles. The van der Waals surface area contributed by atoms with Gasteiger partial charge in [-0.05, 0) is 73.0 Å². The van der Waals surface area contributed by atoms with Crippen LogP contribution in [0.2, 0.25) is 0 Å². The molecule has 108 valence electrons. The van der Waals surface area contributed by atoms with Crippen LogP contribution in [0.25, 0.3) is 0 Å². The fourth-order valence-electron chi connectivity index (χ4n) is 5.16. The van der Waals surface area contributed by atoms with Crippen LogP contribution in [-0.4, -0.2) is 6.04 Å². The lowest BCUT2D eigenvalue weighted by Gasteiger charge is -2.20. The van der Waals surface area contributed by atoms with Crippen molar-refractivity contribution in [2.24, 2.45) is 35.4 Å². The molecule has 0 aliphatic heterocycles. The van der Waals surface area contributed by atoms with Crippen molar-refractivity contribution >= 4 is 15.9 Å². The third-order valence-electron chi connectivity index (χ3n) is 5.93. The molecule has 0 spiro atoms. The number of nitrogens with one attached hydrogen (secondary N) is 1. The van der Waals surface area contributed by atoms with Gasteiger partial charge in [-0.25, -0.2) is 4.39 Å². The Morgan fingerprint density at radius 3 is 2.60 bits per heavy atom. The number of hydrazine groups is 1. The molecule has 0 amide bonds. The highest BCUT2D eigenvalue weighted by Crippen LogP contribution is 2.70. The van der Waals surface area contributed by atoms with Crippen molar-refractivity contribution in [3.8, 4) is 0 Å². The molecule has 3 aliphatic carbocycles. The third kappa shape index (κ3) is 1.96. The van der Waals surface area contributed by atoms with E-state index in [0.29, 0.717) is 6.04 Å². The van der Waals surface area contributed by atoms with Crippen molar-refractivity contribution < 1.29 is 4.39 Å². The smallest absolute Gasteiger partial charge is 0.124 e. The molecule has 4 rings (SSSR count). The predicted octanol–water partition coefficient (Wildman–Crippen LogP) is 3.25. The molecule has 0 radical (unpaired) electrons. The SMILES string of the molecule is NNC(Cc1ccc(F)cc1Br)C1C2C3CCC(C3)C21. The van der Waals surface area contributed by atoms with Gasteiger partial charge in [0.25, 0.3) is 0 Å². The number of nitrogens with two attached hydrogens (primary N) is 1. The van der Waals surface area contributed by atoms with Gasteiger partial charge in [0, 0.05) is 10.5 Å². The second kappa shape index (κ2) is 4.79. The maximum Gasteiger partial charge on any atom is 0.124 e. The van der Waals surface area contributed by atoms with Crippen molar-refractivity contribution in [2.75, 3.05) is 0 Å². The summed E-state index contributed by atoms with van der Waals surface area (Å²) in [6.07, 6.45) is 5.21. The molecule has 0 aromatic heterocycles. The standard InChI is InChI=1S/C16H20BrFN2/c17-12-7-11(18)4-3-8(12)6-13(20-19)16-14-9-1-2-10(5-9)15(14)16/h3-4,7,9-10,13-16,20H,1-2,5-6,19H2. The zero-order valence-corrected chi connectivity index (χ0v) is 12.9. The largest absolute Gasteiger partial charge is 0.271 e. The molecule has 2 nitrogen and oxygen atoms in total. The van der Waals surface area contributed by atoms with E-state index in [0.717, 1.165) is 46.0 Å². The first-order valence-electron chi connectivity index (χ1n) is 7.59. The normalized spacial score (nSPS) is 38.9. The number of hydrogen-bond acceptors (Lipinski definition) is 2. The van der Waals surface area contributed by atoms with Crippen molar-refractivity contribution in [1.29, 1.82) is 0 Å². The predicted molar refractivity (Wildman–Crippen MR) is 80.2 cm³/mol. The quantitative estimate of drug-likeness (QED) is 0.653. The average molecular weight is 339 g/mol. The lowest BCUT2D eigenvalue weighted by Crippen LogP contribution is -2.40. The monoisotopic (exact) mass is 338 g/mol. The van der Waals surface area contributed by atoms with Crippen LogP contribution in [0.3, 0.4) is 0 Å². The van der Waals surface area contributed by atoms with Crippen LogP contribution in [0, 0.1) is 35.4 Å². The molecular weight excluding hydrogens is 319 g/mol. The maximum atomic E-state index is 13.2. The molecule has 2 bridgehead atoms. The van der Waals surface area contributed by atoms with Gasteiger partial charge < -0.3 is 0 Å². The molecule has 3 fully saturated rings. The third-order valence-corrected chi connectivity index (χ3v) is 6.67. The maximum absolute atomic E-state index is 13.2. The molecule has 3 N–H and O–H groups in total. The summed E-state index contributed by atoms with van der Waals surface area (Å²) in [7, 11) is 0. The van der Waals surface area contributed by atoms with Crippen LogP contribution >= 0.6 is 15.9 Å². The molecular formula is C16H20BrFN2. The van der Waals surface area contributed by atoms with E-state index in [1.165, 1.54) is 25.3 Å². The van der Waals surface area contributed by atoms with Gasteiger partial charge in [-0.3, -0.25) is 11.3 Å². The Hall–Kier alpha value is -0.450. The van der Waals surface area contributed by atoms with E-state index in [2.05, 4.69) is 21.4 Å². The van der Waals surface area contributed by atoms with Gasteiger partial charge in [-0.1, -0.05) is 22.0 Å². The number of hydrogen-bond donors (Lipinski definition) is 2. The zero-order chi connectivity index (χ0) is 13.9. The highest BCUT2D eigenvalue weighted by Gasteiger charge is 2.66. The number of rotatable bonds is 4. The van der Waals surface area contributed by atoms with Crippen molar-refractivity contribution in [1.82, 2.24) is 5.43 Å². The van der Waals surface area contributed by atoms with Gasteiger partial charge in [-0.15, -0.1) is 0 Å². The highest BCUT2D eigenvalue weighted by atomic mass is 79.9. The molecule has 3 aliphatic rings. The first kappa shape index (κ1) is 13.2. The average Bonchev–Trinajstić information content (AvgIpc) is 2.86. The second-order valence-electron chi connectivity index (χ2n) is 6.78. The summed E-state index contributed by atoms with van der Waals surface area (Å²) in [5.41, 5.74) is 4.18. The summed E-state index contributed by atoms with van der Waals surface area (Å²) in [5.74, 6) is 10.1. The first-order chi connectivity index (χ1) is 9.69. The summed E-state index contributed by atoms with van der Waals surface area (Å²) in [4.78, 5) is 0. The van der Waals surface area contributed by atoms with Crippen molar-refractivity contribution in [3.63, 3.8) is 0 Å². The van der Waals surface area contributed by atoms with Crippen LogP contribution in [0.1, 0.15) is 24.8 Å². The summed E-state index contributed by atoms with van der Waals surface area (Å²) >= 11 is 3.46. The van der Waals surface area contributed by atoms with Crippen LogP contribution < -0.4 is 11.3 Å². The van der Waals surface area contributed by atoms with Gasteiger partial charge in [0.15, 0.2) is 0 Å². The second-order valence-corrected chi connectivity index (χ2v) is 7.63. The van der Waals surface area contributed by atoms with Crippen LogP contribution in [0.15, 0.2) is 22.7 Å². The minimum absolute atomic E-state index is 0.195. The Labute approximate surface area is 127 Å². The zero-order valence-electron chi connectivity index (χ0n) is 11.4. The van der Waals surface area contributed by atoms with Crippen LogP contribution in [-0.2, 0) is 6.42 Å². The molecule has 0 heterocycles. The highest BCUT2D eigenvalue weighted by molar-refractivity contribution is 9.10. The minimum atomic E-state index is -0.195. The van der Waals surface area contributed by atoms with Crippen LogP contribution in [0.5, 0.6) is 0 Å². The molecule has 4 heteroatoms. The molecule has 5 unspecified atom stereocenters. The molecule has 1 aromatic rings. The first-order valence-corrected chi connectivity index (χ1v) is 8.38. The van der Waals surface area contributed by atoms with E-state index in [9.17, 15) is 4.39 Å². The fraction of sp³-hybridized carbons (Fsp3) is 0.625. The molecule has 1 aromatic carbocycles. The van der Waals surface area contributed by atoms with E-state index in [4.69, 9.17) is 5.84 Å². The molecule has 0 saturated heterocycles. The Bertz CT molecular complexity index is 519. The Morgan fingerprint density at radius 2 is 2.00 bits per heavy atom. The number of fused-ring (bicyclic) bond motifs is 5.